The third-order valence-corrected chi connectivity index (χ3v) is 4.66. The lowest BCUT2D eigenvalue weighted by Gasteiger charge is -2.09. The molecular weight excluding hydrogens is 368 g/mol. The minimum absolute atomic E-state index is 0.232. The van der Waals surface area contributed by atoms with Gasteiger partial charge in [-0.05, 0) is 13.8 Å². The first kappa shape index (κ1) is 18.7. The van der Waals surface area contributed by atoms with Crippen LogP contribution in [0.4, 0.5) is 0 Å². The molecule has 0 atom stereocenters. The first-order valence-corrected chi connectivity index (χ1v) is 9.17. The SMILES string of the molecule is CCOC(=O)CNC(=O)Cn1nc(-c2ccccc2)c2sc(C)nc2c1=O. The topological polar surface area (TPSA) is 103 Å². The Kier molecular flexibility index (Phi) is 5.60. The van der Waals surface area contributed by atoms with Gasteiger partial charge in [0.2, 0.25) is 5.91 Å². The number of hydrogen-bond donors (Lipinski definition) is 1. The van der Waals surface area contributed by atoms with Crippen molar-refractivity contribution in [3.63, 3.8) is 0 Å². The zero-order chi connectivity index (χ0) is 19.4. The van der Waals surface area contributed by atoms with Crippen molar-refractivity contribution >= 4 is 33.4 Å². The molecule has 27 heavy (non-hydrogen) atoms. The summed E-state index contributed by atoms with van der Waals surface area (Å²) in [6, 6.07) is 9.40. The number of carbonyl (C=O) groups is 2. The second-order valence-corrected chi connectivity index (χ2v) is 6.87. The molecule has 3 rings (SSSR count). The van der Waals surface area contributed by atoms with Gasteiger partial charge in [-0.1, -0.05) is 30.3 Å². The summed E-state index contributed by atoms with van der Waals surface area (Å²) in [5.41, 5.74) is 1.26. The molecule has 140 valence electrons. The fourth-order valence-corrected chi connectivity index (χ4v) is 3.45. The van der Waals surface area contributed by atoms with Crippen LogP contribution in [0, 0.1) is 6.92 Å². The molecule has 0 fully saturated rings. The summed E-state index contributed by atoms with van der Waals surface area (Å²) in [6.45, 7) is 3.15. The number of aryl methyl sites for hydroxylation is 1. The van der Waals surface area contributed by atoms with Crippen LogP contribution in [-0.4, -0.2) is 39.8 Å². The molecule has 0 radical (unpaired) electrons. The number of aromatic nitrogens is 3. The number of hydrogen-bond acceptors (Lipinski definition) is 7. The van der Waals surface area contributed by atoms with Crippen LogP contribution in [0.1, 0.15) is 11.9 Å². The van der Waals surface area contributed by atoms with E-state index in [1.54, 1.807) is 6.92 Å². The van der Waals surface area contributed by atoms with Gasteiger partial charge < -0.3 is 10.1 Å². The standard InChI is InChI=1S/C18H18N4O4S/c1-3-26-14(24)9-19-13(23)10-22-18(25)16-17(27-11(2)20-16)15(21-22)12-7-5-4-6-8-12/h4-8H,3,9-10H2,1-2H3,(H,19,23). The molecule has 1 amide bonds. The Balaban J connectivity index is 1.94. The van der Waals surface area contributed by atoms with Gasteiger partial charge in [-0.3, -0.25) is 14.4 Å². The van der Waals surface area contributed by atoms with E-state index in [4.69, 9.17) is 4.74 Å². The number of nitrogens with zero attached hydrogens (tertiary/aromatic N) is 3. The van der Waals surface area contributed by atoms with Crippen LogP contribution < -0.4 is 10.9 Å². The van der Waals surface area contributed by atoms with Crippen molar-refractivity contribution in [2.24, 2.45) is 0 Å². The van der Waals surface area contributed by atoms with Crippen molar-refractivity contribution in [2.45, 2.75) is 20.4 Å². The van der Waals surface area contributed by atoms with E-state index in [1.807, 2.05) is 37.3 Å². The molecule has 0 saturated heterocycles. The highest BCUT2D eigenvalue weighted by molar-refractivity contribution is 7.19. The monoisotopic (exact) mass is 386 g/mol. The van der Waals surface area contributed by atoms with Crippen molar-refractivity contribution < 1.29 is 14.3 Å². The summed E-state index contributed by atoms with van der Waals surface area (Å²) >= 11 is 1.39. The number of ether oxygens (including phenoxy) is 1. The summed E-state index contributed by atoms with van der Waals surface area (Å²) < 4.78 is 6.52. The number of thiazole rings is 1. The number of esters is 1. The van der Waals surface area contributed by atoms with Crippen molar-refractivity contribution in [3.05, 3.63) is 45.7 Å². The predicted molar refractivity (Wildman–Crippen MR) is 101 cm³/mol. The molecule has 0 aliphatic heterocycles. The van der Waals surface area contributed by atoms with Crippen LogP contribution in [0.5, 0.6) is 0 Å². The first-order chi connectivity index (χ1) is 13.0. The van der Waals surface area contributed by atoms with Gasteiger partial charge in [0.15, 0.2) is 5.52 Å². The molecule has 8 nitrogen and oxygen atoms in total. The molecule has 2 heterocycles. The lowest BCUT2D eigenvalue weighted by Crippen LogP contribution is -2.37. The molecule has 2 aromatic heterocycles. The number of benzene rings is 1. The third kappa shape index (κ3) is 4.20. The lowest BCUT2D eigenvalue weighted by molar-refractivity contribution is -0.143. The zero-order valence-corrected chi connectivity index (χ0v) is 15.7. The van der Waals surface area contributed by atoms with Gasteiger partial charge in [0, 0.05) is 5.56 Å². The van der Waals surface area contributed by atoms with E-state index in [1.165, 1.54) is 11.3 Å². The molecule has 1 aromatic carbocycles. The van der Waals surface area contributed by atoms with Crippen LogP contribution in [-0.2, 0) is 20.9 Å². The van der Waals surface area contributed by atoms with Crippen molar-refractivity contribution in [2.75, 3.05) is 13.2 Å². The minimum Gasteiger partial charge on any atom is -0.465 e. The Hall–Kier alpha value is -3.07. The van der Waals surface area contributed by atoms with E-state index in [0.29, 0.717) is 10.4 Å². The average Bonchev–Trinajstić information content (AvgIpc) is 3.05. The quantitative estimate of drug-likeness (QED) is 0.644. The summed E-state index contributed by atoms with van der Waals surface area (Å²) in [7, 11) is 0. The second-order valence-electron chi connectivity index (χ2n) is 5.67. The van der Waals surface area contributed by atoms with Gasteiger partial charge in [-0.25, -0.2) is 9.67 Å². The molecule has 0 aliphatic carbocycles. The van der Waals surface area contributed by atoms with Crippen LogP contribution in [0.25, 0.3) is 21.5 Å². The van der Waals surface area contributed by atoms with Gasteiger partial charge in [0.05, 0.1) is 16.3 Å². The third-order valence-electron chi connectivity index (χ3n) is 3.68. The maximum atomic E-state index is 12.7. The fourth-order valence-electron chi connectivity index (χ4n) is 2.53. The van der Waals surface area contributed by atoms with Crippen LogP contribution in [0.3, 0.4) is 0 Å². The predicted octanol–water partition coefficient (Wildman–Crippen LogP) is 1.51. The number of nitrogens with one attached hydrogen (secondary N) is 1. The molecular formula is C18H18N4O4S. The Labute approximate surface area is 158 Å². The second kappa shape index (κ2) is 8.09. The molecule has 0 unspecified atom stereocenters. The van der Waals surface area contributed by atoms with E-state index in [-0.39, 0.29) is 25.2 Å². The molecule has 9 heteroatoms. The molecule has 0 saturated carbocycles. The normalized spacial score (nSPS) is 10.7. The van der Waals surface area contributed by atoms with Gasteiger partial charge in [-0.2, -0.15) is 5.10 Å². The number of amides is 1. The largest absolute Gasteiger partial charge is 0.465 e. The van der Waals surface area contributed by atoms with Crippen molar-refractivity contribution in [3.8, 4) is 11.3 Å². The number of carbonyl (C=O) groups excluding carboxylic acids is 2. The van der Waals surface area contributed by atoms with Crippen LogP contribution in [0.2, 0.25) is 0 Å². The van der Waals surface area contributed by atoms with E-state index in [9.17, 15) is 14.4 Å². The van der Waals surface area contributed by atoms with E-state index in [2.05, 4.69) is 15.4 Å². The highest BCUT2D eigenvalue weighted by Crippen LogP contribution is 2.29. The van der Waals surface area contributed by atoms with Crippen molar-refractivity contribution in [1.29, 1.82) is 0 Å². The number of rotatable bonds is 6. The minimum atomic E-state index is -0.540. The highest BCUT2D eigenvalue weighted by Gasteiger charge is 2.18. The lowest BCUT2D eigenvalue weighted by atomic mass is 10.1. The highest BCUT2D eigenvalue weighted by atomic mass is 32.1. The molecule has 0 spiro atoms. The van der Waals surface area contributed by atoms with Crippen molar-refractivity contribution in [1.82, 2.24) is 20.1 Å². The molecule has 1 N–H and O–H groups in total. The van der Waals surface area contributed by atoms with Gasteiger partial charge in [0.25, 0.3) is 5.56 Å². The summed E-state index contributed by atoms with van der Waals surface area (Å²) in [4.78, 5) is 40.5. The fraction of sp³-hybridized carbons (Fsp3) is 0.278. The maximum absolute atomic E-state index is 12.7. The van der Waals surface area contributed by atoms with E-state index < -0.39 is 17.4 Å². The molecule has 3 aromatic rings. The van der Waals surface area contributed by atoms with Crippen LogP contribution >= 0.6 is 11.3 Å². The number of fused-ring (bicyclic) bond motifs is 1. The Morgan fingerprint density at radius 3 is 2.70 bits per heavy atom. The van der Waals surface area contributed by atoms with Gasteiger partial charge in [-0.15, -0.1) is 11.3 Å². The van der Waals surface area contributed by atoms with Gasteiger partial charge >= 0.3 is 5.97 Å². The Bertz CT molecular complexity index is 1040. The molecule has 0 aliphatic rings. The maximum Gasteiger partial charge on any atom is 0.325 e. The first-order valence-electron chi connectivity index (χ1n) is 8.35. The van der Waals surface area contributed by atoms with E-state index in [0.717, 1.165) is 15.3 Å². The van der Waals surface area contributed by atoms with Crippen LogP contribution in [0.15, 0.2) is 35.1 Å². The Morgan fingerprint density at radius 1 is 1.26 bits per heavy atom. The Morgan fingerprint density at radius 2 is 2.00 bits per heavy atom. The summed E-state index contributed by atoms with van der Waals surface area (Å²) in [5, 5.41) is 7.55. The van der Waals surface area contributed by atoms with E-state index >= 15 is 0 Å². The van der Waals surface area contributed by atoms with Gasteiger partial charge in [0.1, 0.15) is 18.8 Å². The molecule has 0 bridgehead atoms. The smallest absolute Gasteiger partial charge is 0.325 e. The summed E-state index contributed by atoms with van der Waals surface area (Å²) in [6.07, 6.45) is 0. The average molecular weight is 386 g/mol. The summed E-state index contributed by atoms with van der Waals surface area (Å²) in [5.74, 6) is -1.05. The zero-order valence-electron chi connectivity index (χ0n) is 14.9.